The fourth-order valence-corrected chi connectivity index (χ4v) is 7.76. The summed E-state index contributed by atoms with van der Waals surface area (Å²) in [5, 5.41) is 4.97. The van der Waals surface area contributed by atoms with Gasteiger partial charge in [-0.1, -0.05) is 133 Å². The second kappa shape index (κ2) is 13.2. The molecule has 0 unspecified atom stereocenters. The maximum absolute atomic E-state index is 4.38. The lowest BCUT2D eigenvalue weighted by atomic mass is 9.82. The van der Waals surface area contributed by atoms with Gasteiger partial charge in [-0.3, -0.25) is 9.97 Å². The van der Waals surface area contributed by atoms with Crippen LogP contribution in [0.2, 0.25) is 0 Å². The molecule has 0 N–H and O–H groups in total. The minimum atomic E-state index is 1.12. The molecular weight excluding hydrogens is 629 g/mol. The number of nitrogens with zero attached hydrogens (tertiary/aromatic N) is 2. The predicted molar refractivity (Wildman–Crippen MR) is 219 cm³/mol. The van der Waals surface area contributed by atoms with Gasteiger partial charge in [-0.25, -0.2) is 0 Å². The van der Waals surface area contributed by atoms with Crippen molar-refractivity contribution in [3.8, 4) is 66.8 Å². The Balaban J connectivity index is 1.31. The fraction of sp³-hybridized carbons (Fsp3) is 0.0400. The van der Waals surface area contributed by atoms with Gasteiger partial charge in [-0.15, -0.1) is 0 Å². The molecule has 246 valence electrons. The highest BCUT2D eigenvalue weighted by atomic mass is 14.6. The maximum Gasteiger partial charge on any atom is 0.0346 e. The van der Waals surface area contributed by atoms with Crippen LogP contribution in [0.5, 0.6) is 0 Å². The number of hydrogen-bond acceptors (Lipinski definition) is 2. The van der Waals surface area contributed by atoms with Crippen LogP contribution in [0.25, 0.3) is 88.3 Å². The van der Waals surface area contributed by atoms with E-state index in [0.29, 0.717) is 0 Å². The molecule has 2 aromatic heterocycles. The smallest absolute Gasteiger partial charge is 0.0346 e. The molecule has 9 rings (SSSR count). The van der Waals surface area contributed by atoms with E-state index in [1.165, 1.54) is 88.3 Å². The molecular formula is C50H36N2. The average Bonchev–Trinajstić information content (AvgIpc) is 3.21. The normalized spacial score (nSPS) is 11.3. The van der Waals surface area contributed by atoms with E-state index in [2.05, 4.69) is 169 Å². The van der Waals surface area contributed by atoms with Crippen LogP contribution in [0.1, 0.15) is 11.1 Å². The van der Waals surface area contributed by atoms with E-state index < -0.39 is 0 Å². The topological polar surface area (TPSA) is 25.8 Å². The van der Waals surface area contributed by atoms with E-state index in [0.717, 1.165) is 11.1 Å². The molecule has 0 fully saturated rings. The molecule has 0 aliphatic rings. The van der Waals surface area contributed by atoms with Gasteiger partial charge in [-0.05, 0) is 138 Å². The number of hydrogen-bond donors (Lipinski definition) is 0. The van der Waals surface area contributed by atoms with Crippen molar-refractivity contribution >= 4 is 21.5 Å². The Bertz CT molecular complexity index is 2730. The third-order valence-electron chi connectivity index (χ3n) is 10.3. The van der Waals surface area contributed by atoms with Gasteiger partial charge in [-0.2, -0.15) is 0 Å². The average molecular weight is 665 g/mol. The first-order valence-corrected chi connectivity index (χ1v) is 17.8. The van der Waals surface area contributed by atoms with Crippen LogP contribution in [-0.2, 0) is 0 Å². The zero-order chi connectivity index (χ0) is 35.0. The summed E-state index contributed by atoms with van der Waals surface area (Å²) in [4.78, 5) is 8.76. The van der Waals surface area contributed by atoms with E-state index >= 15 is 0 Å². The summed E-state index contributed by atoms with van der Waals surface area (Å²) in [6.45, 7) is 4.46. The Kier molecular flexibility index (Phi) is 7.98. The van der Waals surface area contributed by atoms with Gasteiger partial charge in [0, 0.05) is 24.8 Å². The van der Waals surface area contributed by atoms with Crippen molar-refractivity contribution in [1.29, 1.82) is 0 Å². The minimum Gasteiger partial charge on any atom is -0.264 e. The van der Waals surface area contributed by atoms with Gasteiger partial charge in [0.05, 0.1) is 0 Å². The van der Waals surface area contributed by atoms with Crippen molar-refractivity contribution in [3.05, 3.63) is 194 Å². The van der Waals surface area contributed by atoms with Crippen molar-refractivity contribution in [3.63, 3.8) is 0 Å². The van der Waals surface area contributed by atoms with E-state index in [9.17, 15) is 0 Å². The minimum absolute atomic E-state index is 1.12. The molecule has 52 heavy (non-hydrogen) atoms. The maximum atomic E-state index is 4.38. The number of pyridine rings is 2. The van der Waals surface area contributed by atoms with Gasteiger partial charge in [0.1, 0.15) is 0 Å². The van der Waals surface area contributed by atoms with Gasteiger partial charge < -0.3 is 0 Å². The third-order valence-corrected chi connectivity index (χ3v) is 10.3. The monoisotopic (exact) mass is 664 g/mol. The molecule has 2 heteroatoms. The third kappa shape index (κ3) is 5.65. The van der Waals surface area contributed by atoms with Crippen LogP contribution in [0.15, 0.2) is 183 Å². The van der Waals surface area contributed by atoms with Crippen LogP contribution in [0.3, 0.4) is 0 Å². The highest BCUT2D eigenvalue weighted by Gasteiger charge is 2.20. The Hall–Kier alpha value is -6.64. The molecule has 2 nitrogen and oxygen atoms in total. The molecule has 0 bridgehead atoms. The molecule has 0 spiro atoms. The first kappa shape index (κ1) is 31.3. The second-order valence-corrected chi connectivity index (χ2v) is 13.5. The quantitative estimate of drug-likeness (QED) is 0.165. The lowest BCUT2D eigenvalue weighted by molar-refractivity contribution is 1.33. The Labute approximate surface area is 304 Å². The van der Waals surface area contributed by atoms with Crippen LogP contribution >= 0.6 is 0 Å². The largest absolute Gasteiger partial charge is 0.264 e. The molecule has 0 aliphatic heterocycles. The summed E-state index contributed by atoms with van der Waals surface area (Å²) in [6.07, 6.45) is 7.52. The second-order valence-electron chi connectivity index (χ2n) is 13.5. The summed E-state index contributed by atoms with van der Waals surface area (Å²) in [5.41, 5.74) is 16.9. The first-order valence-electron chi connectivity index (χ1n) is 17.8. The summed E-state index contributed by atoms with van der Waals surface area (Å²) in [6, 6.07) is 57.4. The number of aryl methyl sites for hydroxylation is 2. The first-order chi connectivity index (χ1) is 25.6. The molecule has 2 heterocycles. The summed E-state index contributed by atoms with van der Waals surface area (Å²) in [5.74, 6) is 0. The Morgan fingerprint density at radius 3 is 1.31 bits per heavy atom. The van der Waals surface area contributed by atoms with Gasteiger partial charge in [0.15, 0.2) is 0 Å². The fourth-order valence-electron chi connectivity index (χ4n) is 7.76. The number of rotatable bonds is 6. The molecule has 0 amide bonds. The van der Waals surface area contributed by atoms with E-state index in [1.54, 1.807) is 0 Å². The van der Waals surface area contributed by atoms with Crippen LogP contribution in [-0.4, -0.2) is 9.97 Å². The summed E-state index contributed by atoms with van der Waals surface area (Å²) in [7, 11) is 0. The summed E-state index contributed by atoms with van der Waals surface area (Å²) >= 11 is 0. The van der Waals surface area contributed by atoms with Gasteiger partial charge >= 0.3 is 0 Å². The van der Waals surface area contributed by atoms with Crippen LogP contribution in [0.4, 0.5) is 0 Å². The van der Waals surface area contributed by atoms with Crippen LogP contribution < -0.4 is 0 Å². The zero-order valence-electron chi connectivity index (χ0n) is 29.2. The van der Waals surface area contributed by atoms with Crippen molar-refractivity contribution in [2.75, 3.05) is 0 Å². The van der Waals surface area contributed by atoms with Crippen molar-refractivity contribution < 1.29 is 0 Å². The molecule has 0 saturated heterocycles. The molecule has 7 aromatic carbocycles. The predicted octanol–water partition coefficient (Wildman–Crippen LogP) is 13.4. The van der Waals surface area contributed by atoms with Gasteiger partial charge in [0.25, 0.3) is 0 Å². The van der Waals surface area contributed by atoms with Crippen LogP contribution in [0, 0.1) is 13.8 Å². The molecule has 0 atom stereocenters. The highest BCUT2D eigenvalue weighted by Crippen LogP contribution is 2.47. The molecule has 0 saturated carbocycles. The van der Waals surface area contributed by atoms with Crippen molar-refractivity contribution in [1.82, 2.24) is 9.97 Å². The number of aromatic nitrogens is 2. The Morgan fingerprint density at radius 1 is 0.308 bits per heavy atom. The Morgan fingerprint density at radius 2 is 0.750 bits per heavy atom. The SMILES string of the molecule is Cc1cc(-c2cccnc2)ccc1-c1c2ccccc2c(-c2ccc(-c3cccnc3)cc2C)c2cc(-c3cccc(-c4ccccc4)c3)ccc12. The number of fused-ring (bicyclic) bond motifs is 2. The highest BCUT2D eigenvalue weighted by molar-refractivity contribution is 6.22. The molecule has 9 aromatic rings. The van der Waals surface area contributed by atoms with Crippen molar-refractivity contribution in [2.45, 2.75) is 13.8 Å². The van der Waals surface area contributed by atoms with E-state index in [-0.39, 0.29) is 0 Å². The van der Waals surface area contributed by atoms with E-state index in [1.807, 2.05) is 36.9 Å². The lowest BCUT2D eigenvalue weighted by Crippen LogP contribution is -1.95. The standard InChI is InChI=1S/C50H36N2/c1-33-27-38(41-15-9-25-51-31-41)19-22-43(33)49-45-17-6-7-18-46(45)50(44-23-20-39(28-34(44)2)42-16-10-26-52-32-42)48-30-40(21-24-47(48)49)37-14-8-13-36(29-37)35-11-4-3-5-12-35/h3-32H,1-2H3. The molecule has 0 radical (unpaired) electrons. The number of benzene rings is 7. The van der Waals surface area contributed by atoms with E-state index in [4.69, 9.17) is 0 Å². The zero-order valence-corrected chi connectivity index (χ0v) is 29.2. The van der Waals surface area contributed by atoms with Crippen molar-refractivity contribution in [2.24, 2.45) is 0 Å². The summed E-state index contributed by atoms with van der Waals surface area (Å²) < 4.78 is 0. The molecule has 0 aliphatic carbocycles. The van der Waals surface area contributed by atoms with Gasteiger partial charge in [0.2, 0.25) is 0 Å². The lowest BCUT2D eigenvalue weighted by Gasteiger charge is -2.21.